The van der Waals surface area contributed by atoms with Crippen LogP contribution in [0.25, 0.3) is 0 Å². The van der Waals surface area contributed by atoms with Crippen LogP contribution in [-0.2, 0) is 10.0 Å². The normalized spacial score (nSPS) is 15.5. The van der Waals surface area contributed by atoms with E-state index in [2.05, 4.69) is 0 Å². The number of nitro groups is 1. The highest BCUT2D eigenvalue weighted by molar-refractivity contribution is 7.89. The van der Waals surface area contributed by atoms with Crippen molar-refractivity contribution in [1.82, 2.24) is 9.21 Å². The molecule has 144 valence electrons. The van der Waals surface area contributed by atoms with Crippen LogP contribution in [-0.4, -0.2) is 61.7 Å². The highest BCUT2D eigenvalue weighted by Crippen LogP contribution is 2.26. The van der Waals surface area contributed by atoms with Crippen molar-refractivity contribution in [2.75, 3.05) is 33.3 Å². The molecule has 1 saturated heterocycles. The van der Waals surface area contributed by atoms with Gasteiger partial charge >= 0.3 is 5.00 Å². The van der Waals surface area contributed by atoms with E-state index in [-0.39, 0.29) is 46.9 Å². The Labute approximate surface area is 160 Å². The van der Waals surface area contributed by atoms with Gasteiger partial charge in [0, 0.05) is 32.2 Å². The number of carbonyl (C=O) groups excluding carboxylic acids is 1. The second kappa shape index (κ2) is 7.62. The number of hydrogen-bond donors (Lipinski definition) is 0. The van der Waals surface area contributed by atoms with Gasteiger partial charge in [-0.05, 0) is 30.3 Å². The van der Waals surface area contributed by atoms with Crippen molar-refractivity contribution in [3.05, 3.63) is 51.4 Å². The number of benzene rings is 1. The maximum absolute atomic E-state index is 12.7. The van der Waals surface area contributed by atoms with E-state index in [1.165, 1.54) is 40.6 Å². The average molecular weight is 411 g/mol. The van der Waals surface area contributed by atoms with Gasteiger partial charge in [0.1, 0.15) is 5.75 Å². The number of ether oxygens (including phenoxy) is 1. The summed E-state index contributed by atoms with van der Waals surface area (Å²) in [5.41, 5.74) is 0. The SMILES string of the molecule is COc1ccc(S(=O)(=O)N2CCN(C(=O)c3ccc([N+](=O)[O-])s3)CC2)cc1. The van der Waals surface area contributed by atoms with Gasteiger partial charge in [-0.1, -0.05) is 11.3 Å². The van der Waals surface area contributed by atoms with Crippen LogP contribution in [0.3, 0.4) is 0 Å². The number of nitrogens with zero attached hydrogens (tertiary/aromatic N) is 3. The summed E-state index contributed by atoms with van der Waals surface area (Å²) in [6, 6.07) is 8.84. The lowest BCUT2D eigenvalue weighted by Crippen LogP contribution is -2.50. The lowest BCUT2D eigenvalue weighted by atomic mass is 10.3. The number of amides is 1. The zero-order chi connectivity index (χ0) is 19.6. The van der Waals surface area contributed by atoms with Gasteiger partial charge in [0.15, 0.2) is 0 Å². The summed E-state index contributed by atoms with van der Waals surface area (Å²) in [6.45, 7) is 0.765. The molecule has 1 aliphatic rings. The zero-order valence-corrected chi connectivity index (χ0v) is 16.0. The van der Waals surface area contributed by atoms with Gasteiger partial charge < -0.3 is 9.64 Å². The predicted molar refractivity (Wildman–Crippen MR) is 98.6 cm³/mol. The second-order valence-corrected chi connectivity index (χ2v) is 8.77. The van der Waals surface area contributed by atoms with Crippen molar-refractivity contribution in [2.45, 2.75) is 4.90 Å². The van der Waals surface area contributed by atoms with Crippen LogP contribution in [0.2, 0.25) is 0 Å². The van der Waals surface area contributed by atoms with Crippen LogP contribution < -0.4 is 4.74 Å². The molecule has 0 radical (unpaired) electrons. The number of hydrogen-bond acceptors (Lipinski definition) is 7. The molecule has 2 heterocycles. The topological polar surface area (TPSA) is 110 Å². The number of piperazine rings is 1. The highest BCUT2D eigenvalue weighted by Gasteiger charge is 2.31. The highest BCUT2D eigenvalue weighted by atomic mass is 32.2. The van der Waals surface area contributed by atoms with Crippen LogP contribution >= 0.6 is 11.3 Å². The molecule has 0 N–H and O–H groups in total. The van der Waals surface area contributed by atoms with Crippen molar-refractivity contribution in [3.8, 4) is 5.75 Å². The van der Waals surface area contributed by atoms with E-state index in [9.17, 15) is 23.3 Å². The quantitative estimate of drug-likeness (QED) is 0.548. The molecule has 1 amide bonds. The summed E-state index contributed by atoms with van der Waals surface area (Å²) in [6.07, 6.45) is 0. The summed E-state index contributed by atoms with van der Waals surface area (Å²) in [5.74, 6) is 0.240. The maximum atomic E-state index is 12.7. The lowest BCUT2D eigenvalue weighted by Gasteiger charge is -2.33. The van der Waals surface area contributed by atoms with Crippen molar-refractivity contribution in [3.63, 3.8) is 0 Å². The number of thiophene rings is 1. The molecule has 11 heteroatoms. The van der Waals surface area contributed by atoms with E-state index in [4.69, 9.17) is 4.74 Å². The zero-order valence-electron chi connectivity index (χ0n) is 14.4. The fourth-order valence-corrected chi connectivity index (χ4v) is 4.94. The van der Waals surface area contributed by atoms with E-state index in [1.807, 2.05) is 0 Å². The van der Waals surface area contributed by atoms with Crippen LogP contribution in [0.4, 0.5) is 5.00 Å². The Morgan fingerprint density at radius 2 is 1.74 bits per heavy atom. The predicted octanol–water partition coefficient (Wildman–Crippen LogP) is 1.81. The van der Waals surface area contributed by atoms with Gasteiger partial charge in [0.25, 0.3) is 5.91 Å². The van der Waals surface area contributed by atoms with Crippen molar-refractivity contribution in [1.29, 1.82) is 0 Å². The van der Waals surface area contributed by atoms with Gasteiger partial charge in [-0.25, -0.2) is 8.42 Å². The third-order valence-corrected chi connectivity index (χ3v) is 7.14. The first kappa shape index (κ1) is 19.3. The maximum Gasteiger partial charge on any atom is 0.324 e. The Morgan fingerprint density at radius 3 is 2.26 bits per heavy atom. The molecule has 0 unspecified atom stereocenters. The summed E-state index contributed by atoms with van der Waals surface area (Å²) in [4.78, 5) is 24.6. The van der Waals surface area contributed by atoms with Gasteiger partial charge in [-0.2, -0.15) is 4.31 Å². The summed E-state index contributed by atoms with van der Waals surface area (Å²) in [7, 11) is -2.15. The molecule has 9 nitrogen and oxygen atoms in total. The molecule has 0 atom stereocenters. The fourth-order valence-electron chi connectivity index (χ4n) is 2.72. The van der Waals surface area contributed by atoms with Crippen LogP contribution in [0.1, 0.15) is 9.67 Å². The molecule has 0 aliphatic carbocycles. The third kappa shape index (κ3) is 3.94. The van der Waals surface area contributed by atoms with Gasteiger partial charge in [0.05, 0.1) is 21.8 Å². The molecule has 1 aromatic carbocycles. The van der Waals surface area contributed by atoms with Crippen LogP contribution in [0.15, 0.2) is 41.3 Å². The summed E-state index contributed by atoms with van der Waals surface area (Å²) >= 11 is 0.815. The minimum Gasteiger partial charge on any atom is -0.497 e. The summed E-state index contributed by atoms with van der Waals surface area (Å²) < 4.78 is 31.8. The van der Waals surface area contributed by atoms with Crippen molar-refractivity contribution in [2.24, 2.45) is 0 Å². The van der Waals surface area contributed by atoms with E-state index in [0.29, 0.717) is 5.75 Å². The Morgan fingerprint density at radius 1 is 1.11 bits per heavy atom. The minimum atomic E-state index is -3.65. The Kier molecular flexibility index (Phi) is 5.44. The molecule has 2 aromatic rings. The first-order valence-electron chi connectivity index (χ1n) is 8.00. The van der Waals surface area contributed by atoms with E-state index >= 15 is 0 Å². The molecular weight excluding hydrogens is 394 g/mol. The largest absolute Gasteiger partial charge is 0.497 e. The third-order valence-electron chi connectivity index (χ3n) is 4.21. The molecule has 0 bridgehead atoms. The van der Waals surface area contributed by atoms with Gasteiger partial charge in [-0.3, -0.25) is 14.9 Å². The molecule has 0 saturated carbocycles. The van der Waals surface area contributed by atoms with Crippen molar-refractivity contribution < 1.29 is 22.9 Å². The van der Waals surface area contributed by atoms with E-state index < -0.39 is 14.9 Å². The molecule has 27 heavy (non-hydrogen) atoms. The number of sulfonamides is 1. The van der Waals surface area contributed by atoms with Crippen LogP contribution in [0, 0.1) is 10.1 Å². The van der Waals surface area contributed by atoms with Gasteiger partial charge in [-0.15, -0.1) is 0 Å². The smallest absolute Gasteiger partial charge is 0.324 e. The van der Waals surface area contributed by atoms with E-state index in [1.54, 1.807) is 12.1 Å². The van der Waals surface area contributed by atoms with Gasteiger partial charge in [0.2, 0.25) is 10.0 Å². The Bertz CT molecular complexity index is 947. The first-order chi connectivity index (χ1) is 12.8. The molecule has 0 spiro atoms. The average Bonchev–Trinajstić information content (AvgIpc) is 3.18. The molecule has 3 rings (SSSR count). The summed E-state index contributed by atoms with van der Waals surface area (Å²) in [5, 5.41) is 10.7. The second-order valence-electron chi connectivity index (χ2n) is 5.77. The Hall–Kier alpha value is -2.50. The first-order valence-corrected chi connectivity index (χ1v) is 10.3. The van der Waals surface area contributed by atoms with Crippen LogP contribution in [0.5, 0.6) is 5.75 Å². The molecule has 1 aromatic heterocycles. The molecule has 1 fully saturated rings. The van der Waals surface area contributed by atoms with E-state index in [0.717, 1.165) is 11.3 Å². The fraction of sp³-hybridized carbons (Fsp3) is 0.312. The molecular formula is C16H17N3O6S2. The Balaban J connectivity index is 1.66. The lowest BCUT2D eigenvalue weighted by molar-refractivity contribution is -0.380. The minimum absolute atomic E-state index is 0.0981. The number of rotatable bonds is 5. The monoisotopic (exact) mass is 411 g/mol. The number of carbonyl (C=O) groups is 1. The molecule has 1 aliphatic heterocycles. The standard InChI is InChI=1S/C16H17N3O6S2/c1-25-12-2-4-13(5-3-12)27(23,24)18-10-8-17(9-11-18)16(20)14-6-7-15(26-14)19(21)22/h2-7H,8-11H2,1H3. The number of methoxy groups -OCH3 is 1. The van der Waals surface area contributed by atoms with Crippen molar-refractivity contribution >= 4 is 32.3 Å².